The highest BCUT2D eigenvalue weighted by atomic mass is 32.1. The maximum absolute atomic E-state index is 12.7. The number of nitrogens with zero attached hydrogens (tertiary/aromatic N) is 1. The molecule has 1 aliphatic heterocycles. The lowest BCUT2D eigenvalue weighted by atomic mass is 9.98. The van der Waals surface area contributed by atoms with Crippen LogP contribution in [0.2, 0.25) is 0 Å². The molecule has 0 unspecified atom stereocenters. The molecule has 0 N–H and O–H groups in total. The molecule has 5 heteroatoms. The molecular weight excluding hydrogens is 298 g/mol. The first kappa shape index (κ1) is 17.0. The molecule has 0 saturated carbocycles. The smallest absolute Gasteiger partial charge is 0.310 e. The number of rotatable bonds is 5. The minimum Gasteiger partial charge on any atom is -0.466 e. The van der Waals surface area contributed by atoms with Crippen molar-refractivity contribution in [2.45, 2.75) is 46.5 Å². The van der Waals surface area contributed by atoms with E-state index in [1.165, 1.54) is 10.4 Å². The fourth-order valence-electron chi connectivity index (χ4n) is 2.91. The zero-order chi connectivity index (χ0) is 16.1. The van der Waals surface area contributed by atoms with E-state index in [-0.39, 0.29) is 17.8 Å². The van der Waals surface area contributed by atoms with E-state index in [0.717, 1.165) is 37.1 Å². The van der Waals surface area contributed by atoms with Gasteiger partial charge in [0.2, 0.25) is 0 Å². The summed E-state index contributed by atoms with van der Waals surface area (Å²) in [6.07, 6.45) is 3.77. The van der Waals surface area contributed by atoms with Crippen LogP contribution >= 0.6 is 11.3 Å². The number of esters is 1. The van der Waals surface area contributed by atoms with E-state index in [9.17, 15) is 9.59 Å². The van der Waals surface area contributed by atoms with Gasteiger partial charge >= 0.3 is 5.97 Å². The molecule has 1 aromatic rings. The van der Waals surface area contributed by atoms with Crippen LogP contribution in [0.15, 0.2) is 6.07 Å². The molecular formula is C17H25NO3S. The van der Waals surface area contributed by atoms with E-state index in [2.05, 4.69) is 13.8 Å². The molecule has 1 aliphatic rings. The van der Waals surface area contributed by atoms with Gasteiger partial charge in [-0.1, -0.05) is 13.3 Å². The third kappa shape index (κ3) is 3.88. The molecule has 122 valence electrons. The Kier molecular flexibility index (Phi) is 6.00. The first-order valence-electron chi connectivity index (χ1n) is 8.12. The molecule has 1 atom stereocenters. The second-order valence-corrected chi connectivity index (χ2v) is 7.04. The Morgan fingerprint density at radius 2 is 2.18 bits per heavy atom. The van der Waals surface area contributed by atoms with Crippen molar-refractivity contribution in [2.24, 2.45) is 5.92 Å². The molecule has 1 fully saturated rings. The second-order valence-electron chi connectivity index (χ2n) is 5.78. The Morgan fingerprint density at radius 3 is 2.86 bits per heavy atom. The Balaban J connectivity index is 2.05. The van der Waals surface area contributed by atoms with Gasteiger partial charge in [-0.15, -0.1) is 11.3 Å². The van der Waals surface area contributed by atoms with Gasteiger partial charge in [0.15, 0.2) is 0 Å². The number of carbonyl (C=O) groups is 2. The van der Waals surface area contributed by atoms with E-state index in [0.29, 0.717) is 13.2 Å². The molecule has 1 aromatic heterocycles. The first-order chi connectivity index (χ1) is 10.6. The van der Waals surface area contributed by atoms with Crippen molar-refractivity contribution in [2.75, 3.05) is 19.7 Å². The van der Waals surface area contributed by atoms with Gasteiger partial charge < -0.3 is 9.64 Å². The molecule has 0 bridgehead atoms. The molecule has 1 amide bonds. The summed E-state index contributed by atoms with van der Waals surface area (Å²) in [5.41, 5.74) is 1.27. The topological polar surface area (TPSA) is 46.6 Å². The SMILES string of the molecule is CCCc1cc(C(=O)N2CCC[C@H](C(=O)OCC)C2)sc1C. The van der Waals surface area contributed by atoms with E-state index in [1.807, 2.05) is 17.9 Å². The molecule has 0 aliphatic carbocycles. The van der Waals surface area contributed by atoms with E-state index in [4.69, 9.17) is 4.74 Å². The molecule has 1 saturated heterocycles. The number of ether oxygens (including phenoxy) is 1. The predicted molar refractivity (Wildman–Crippen MR) is 88.3 cm³/mol. The van der Waals surface area contributed by atoms with Crippen LogP contribution in [0.1, 0.15) is 53.2 Å². The normalized spacial score (nSPS) is 18.3. The van der Waals surface area contributed by atoms with Gasteiger partial charge in [0.1, 0.15) is 0 Å². The maximum atomic E-state index is 12.7. The van der Waals surface area contributed by atoms with Gasteiger partial charge in [-0.05, 0) is 44.7 Å². The van der Waals surface area contributed by atoms with Crippen molar-refractivity contribution >= 4 is 23.2 Å². The van der Waals surface area contributed by atoms with Gasteiger partial charge in [-0.3, -0.25) is 9.59 Å². The quantitative estimate of drug-likeness (QED) is 0.780. The lowest BCUT2D eigenvalue weighted by molar-refractivity contribution is -0.149. The van der Waals surface area contributed by atoms with Crippen molar-refractivity contribution < 1.29 is 14.3 Å². The van der Waals surface area contributed by atoms with Gasteiger partial charge in [0.05, 0.1) is 17.4 Å². The minimum atomic E-state index is -0.172. The maximum Gasteiger partial charge on any atom is 0.310 e. The van der Waals surface area contributed by atoms with Crippen LogP contribution in [0.4, 0.5) is 0 Å². The zero-order valence-electron chi connectivity index (χ0n) is 13.7. The molecule has 0 spiro atoms. The molecule has 22 heavy (non-hydrogen) atoms. The molecule has 0 radical (unpaired) electrons. The largest absolute Gasteiger partial charge is 0.466 e. The summed E-state index contributed by atoms with van der Waals surface area (Å²) in [7, 11) is 0. The van der Waals surface area contributed by atoms with Gasteiger partial charge in [0, 0.05) is 18.0 Å². The molecule has 0 aromatic carbocycles. The fourth-order valence-corrected chi connectivity index (χ4v) is 3.95. The lowest BCUT2D eigenvalue weighted by Gasteiger charge is -2.31. The van der Waals surface area contributed by atoms with Crippen molar-refractivity contribution in [3.8, 4) is 0 Å². The van der Waals surface area contributed by atoms with Crippen LogP contribution in [0.5, 0.6) is 0 Å². The van der Waals surface area contributed by atoms with Crippen LogP contribution < -0.4 is 0 Å². The third-order valence-electron chi connectivity index (χ3n) is 4.08. The van der Waals surface area contributed by atoms with Crippen molar-refractivity contribution in [3.05, 3.63) is 21.4 Å². The highest BCUT2D eigenvalue weighted by molar-refractivity contribution is 7.14. The number of carbonyl (C=O) groups excluding carboxylic acids is 2. The number of aryl methyl sites for hydroxylation is 2. The average molecular weight is 323 g/mol. The number of amides is 1. The molecule has 2 rings (SSSR count). The number of piperidine rings is 1. The van der Waals surface area contributed by atoms with Crippen LogP contribution in [0.3, 0.4) is 0 Å². The fraction of sp³-hybridized carbons (Fsp3) is 0.647. The predicted octanol–water partition coefficient (Wildman–Crippen LogP) is 3.42. The standard InChI is InChI=1S/C17H25NO3S/c1-4-7-13-10-15(22-12(13)3)16(19)18-9-6-8-14(11-18)17(20)21-5-2/h10,14H,4-9,11H2,1-3H3/t14-/m0/s1. The summed E-state index contributed by atoms with van der Waals surface area (Å²) in [6.45, 7) is 7.64. The summed E-state index contributed by atoms with van der Waals surface area (Å²) < 4.78 is 5.10. The van der Waals surface area contributed by atoms with Gasteiger partial charge in [0.25, 0.3) is 5.91 Å². The summed E-state index contributed by atoms with van der Waals surface area (Å²) in [5, 5.41) is 0. The van der Waals surface area contributed by atoms with E-state index < -0.39 is 0 Å². The lowest BCUT2D eigenvalue weighted by Crippen LogP contribution is -2.42. The number of hydrogen-bond donors (Lipinski definition) is 0. The molecule has 4 nitrogen and oxygen atoms in total. The second kappa shape index (κ2) is 7.77. The summed E-state index contributed by atoms with van der Waals surface area (Å²) >= 11 is 1.57. The summed E-state index contributed by atoms with van der Waals surface area (Å²) in [5.74, 6) is -0.285. The third-order valence-corrected chi connectivity index (χ3v) is 5.16. The average Bonchev–Trinajstić information content (AvgIpc) is 2.88. The van der Waals surface area contributed by atoms with Crippen molar-refractivity contribution in [3.63, 3.8) is 0 Å². The zero-order valence-corrected chi connectivity index (χ0v) is 14.5. The first-order valence-corrected chi connectivity index (χ1v) is 8.93. The van der Waals surface area contributed by atoms with Crippen LogP contribution in [-0.4, -0.2) is 36.5 Å². The van der Waals surface area contributed by atoms with E-state index in [1.54, 1.807) is 11.3 Å². The van der Waals surface area contributed by atoms with Crippen LogP contribution in [-0.2, 0) is 16.0 Å². The monoisotopic (exact) mass is 323 g/mol. The highest BCUT2D eigenvalue weighted by Crippen LogP contribution is 2.26. The Labute approximate surface area is 136 Å². The van der Waals surface area contributed by atoms with E-state index >= 15 is 0 Å². The van der Waals surface area contributed by atoms with Gasteiger partial charge in [-0.25, -0.2) is 0 Å². The number of likely N-dealkylation sites (tertiary alicyclic amines) is 1. The minimum absolute atomic E-state index is 0.0597. The Morgan fingerprint density at radius 1 is 1.41 bits per heavy atom. The van der Waals surface area contributed by atoms with Crippen molar-refractivity contribution in [1.82, 2.24) is 4.90 Å². The number of thiophene rings is 1. The van der Waals surface area contributed by atoms with Crippen LogP contribution in [0, 0.1) is 12.8 Å². The Hall–Kier alpha value is -1.36. The molecule has 2 heterocycles. The summed E-state index contributed by atoms with van der Waals surface area (Å²) in [4.78, 5) is 28.4. The van der Waals surface area contributed by atoms with Gasteiger partial charge in [-0.2, -0.15) is 0 Å². The van der Waals surface area contributed by atoms with Crippen molar-refractivity contribution in [1.29, 1.82) is 0 Å². The number of hydrogen-bond acceptors (Lipinski definition) is 4. The van der Waals surface area contributed by atoms with Crippen LogP contribution in [0.25, 0.3) is 0 Å². The Bertz CT molecular complexity index is 538. The highest BCUT2D eigenvalue weighted by Gasteiger charge is 2.30. The summed E-state index contributed by atoms with van der Waals surface area (Å²) in [6, 6.07) is 2.03.